The smallest absolute Gasteiger partial charge is 0.220 e. The number of rotatable bonds is 3. The molecule has 1 saturated carbocycles. The molecule has 0 heterocycles. The molecule has 0 bridgehead atoms. The van der Waals surface area contributed by atoms with Crippen molar-refractivity contribution in [1.29, 1.82) is 0 Å². The summed E-state index contributed by atoms with van der Waals surface area (Å²) in [5.74, 6) is 1.56. The summed E-state index contributed by atoms with van der Waals surface area (Å²) in [6.07, 6.45) is 4.15. The van der Waals surface area contributed by atoms with Crippen molar-refractivity contribution in [1.82, 2.24) is 5.32 Å². The highest BCUT2D eigenvalue weighted by Gasteiger charge is 2.30. The van der Waals surface area contributed by atoms with Crippen LogP contribution in [-0.2, 0) is 4.79 Å². The largest absolute Gasteiger partial charge is 0.353 e. The van der Waals surface area contributed by atoms with Crippen molar-refractivity contribution < 1.29 is 4.79 Å². The molecule has 2 heteroatoms. The summed E-state index contributed by atoms with van der Waals surface area (Å²) in [6.45, 7) is 6.52. The van der Waals surface area contributed by atoms with Gasteiger partial charge in [-0.15, -0.1) is 0 Å². The Bertz CT molecular complexity index is 169. The highest BCUT2D eigenvalue weighted by molar-refractivity contribution is 5.76. The zero-order valence-corrected chi connectivity index (χ0v) is 8.97. The molecule has 1 N–H and O–H groups in total. The average molecular weight is 183 g/mol. The monoisotopic (exact) mass is 183 g/mol. The Balaban J connectivity index is 2.38. The van der Waals surface area contributed by atoms with Crippen LogP contribution in [0.15, 0.2) is 0 Å². The Kier molecular flexibility index (Phi) is 3.76. The quantitative estimate of drug-likeness (QED) is 0.715. The zero-order valence-electron chi connectivity index (χ0n) is 8.97. The normalized spacial score (nSPS) is 33.3. The molecule has 2 unspecified atom stereocenters. The van der Waals surface area contributed by atoms with Gasteiger partial charge in [0, 0.05) is 12.5 Å². The van der Waals surface area contributed by atoms with Crippen LogP contribution in [0.2, 0.25) is 0 Å². The fourth-order valence-corrected chi connectivity index (χ4v) is 2.22. The van der Waals surface area contributed by atoms with Crippen LogP contribution in [0.4, 0.5) is 0 Å². The van der Waals surface area contributed by atoms with Crippen LogP contribution in [-0.4, -0.2) is 11.9 Å². The molecule has 13 heavy (non-hydrogen) atoms. The minimum absolute atomic E-state index is 0.230. The van der Waals surface area contributed by atoms with E-state index in [9.17, 15) is 4.79 Å². The highest BCUT2D eigenvalue weighted by atomic mass is 16.1. The van der Waals surface area contributed by atoms with Crippen LogP contribution >= 0.6 is 0 Å². The van der Waals surface area contributed by atoms with E-state index in [1.807, 2.05) is 6.92 Å². The van der Waals surface area contributed by atoms with Gasteiger partial charge in [-0.05, 0) is 31.1 Å². The number of amides is 1. The summed E-state index contributed by atoms with van der Waals surface area (Å²) in [5, 5.41) is 3.14. The standard InChI is InChI=1S/C11H21NO/c1-4-5-10(13)12-11-8(2)6-7-9(11)3/h8-9,11H,4-7H2,1-3H3,(H,12,13). The molecular formula is C11H21NO. The van der Waals surface area contributed by atoms with E-state index in [0.717, 1.165) is 6.42 Å². The van der Waals surface area contributed by atoms with Gasteiger partial charge in [0.25, 0.3) is 0 Å². The van der Waals surface area contributed by atoms with Crippen LogP contribution < -0.4 is 5.32 Å². The van der Waals surface area contributed by atoms with Gasteiger partial charge in [-0.3, -0.25) is 4.79 Å². The van der Waals surface area contributed by atoms with Gasteiger partial charge in [0.2, 0.25) is 5.91 Å². The Morgan fingerprint density at radius 2 is 1.85 bits per heavy atom. The van der Waals surface area contributed by atoms with Gasteiger partial charge in [0.05, 0.1) is 0 Å². The molecule has 1 fully saturated rings. The third kappa shape index (κ3) is 2.71. The van der Waals surface area contributed by atoms with Crippen LogP contribution in [0, 0.1) is 11.8 Å². The Morgan fingerprint density at radius 1 is 1.31 bits per heavy atom. The van der Waals surface area contributed by atoms with E-state index < -0.39 is 0 Å². The number of carbonyl (C=O) groups is 1. The lowest BCUT2D eigenvalue weighted by molar-refractivity contribution is -0.122. The Labute approximate surface area is 81.1 Å². The first-order valence-electron chi connectivity index (χ1n) is 5.44. The molecule has 0 spiro atoms. The molecule has 0 aromatic carbocycles. The van der Waals surface area contributed by atoms with E-state index in [1.54, 1.807) is 0 Å². The van der Waals surface area contributed by atoms with Crippen molar-refractivity contribution >= 4 is 5.91 Å². The van der Waals surface area contributed by atoms with Gasteiger partial charge in [-0.1, -0.05) is 20.8 Å². The lowest BCUT2D eigenvalue weighted by atomic mass is 10.0. The Morgan fingerprint density at radius 3 is 2.31 bits per heavy atom. The first-order valence-corrected chi connectivity index (χ1v) is 5.44. The predicted molar refractivity (Wildman–Crippen MR) is 54.4 cm³/mol. The third-order valence-corrected chi connectivity index (χ3v) is 3.11. The number of hydrogen-bond acceptors (Lipinski definition) is 1. The van der Waals surface area contributed by atoms with Crippen LogP contribution in [0.3, 0.4) is 0 Å². The molecular weight excluding hydrogens is 162 g/mol. The molecule has 1 aliphatic carbocycles. The predicted octanol–water partition coefficient (Wildman–Crippen LogP) is 2.34. The minimum atomic E-state index is 0.230. The van der Waals surface area contributed by atoms with E-state index in [-0.39, 0.29) is 5.91 Å². The van der Waals surface area contributed by atoms with E-state index in [0.29, 0.717) is 24.3 Å². The van der Waals surface area contributed by atoms with Crippen LogP contribution in [0.5, 0.6) is 0 Å². The molecule has 0 aliphatic heterocycles. The first kappa shape index (κ1) is 10.6. The fourth-order valence-electron chi connectivity index (χ4n) is 2.22. The molecule has 1 aliphatic rings. The van der Waals surface area contributed by atoms with E-state index in [4.69, 9.17) is 0 Å². The van der Waals surface area contributed by atoms with Crippen molar-refractivity contribution in [3.8, 4) is 0 Å². The maximum absolute atomic E-state index is 11.4. The maximum Gasteiger partial charge on any atom is 0.220 e. The van der Waals surface area contributed by atoms with E-state index >= 15 is 0 Å². The summed E-state index contributed by atoms with van der Waals surface area (Å²) >= 11 is 0. The summed E-state index contributed by atoms with van der Waals surface area (Å²) < 4.78 is 0. The second-order valence-corrected chi connectivity index (χ2v) is 4.38. The number of hydrogen-bond donors (Lipinski definition) is 1. The van der Waals surface area contributed by atoms with Gasteiger partial charge in [-0.2, -0.15) is 0 Å². The molecule has 0 aromatic rings. The van der Waals surface area contributed by atoms with Crippen molar-refractivity contribution in [2.75, 3.05) is 0 Å². The summed E-state index contributed by atoms with van der Waals surface area (Å²) in [7, 11) is 0. The SMILES string of the molecule is CCCC(=O)NC1C(C)CCC1C. The molecule has 1 amide bonds. The molecule has 76 valence electrons. The molecule has 0 radical (unpaired) electrons. The molecule has 0 aromatic heterocycles. The Hall–Kier alpha value is -0.530. The van der Waals surface area contributed by atoms with Gasteiger partial charge in [0.15, 0.2) is 0 Å². The van der Waals surface area contributed by atoms with Crippen molar-refractivity contribution in [2.45, 2.75) is 52.5 Å². The summed E-state index contributed by atoms with van der Waals surface area (Å²) in [5.41, 5.74) is 0. The summed E-state index contributed by atoms with van der Waals surface area (Å²) in [4.78, 5) is 11.4. The lowest BCUT2D eigenvalue weighted by Crippen LogP contribution is -2.39. The van der Waals surface area contributed by atoms with Crippen molar-refractivity contribution in [3.63, 3.8) is 0 Å². The van der Waals surface area contributed by atoms with Gasteiger partial charge in [-0.25, -0.2) is 0 Å². The van der Waals surface area contributed by atoms with Gasteiger partial charge in [0.1, 0.15) is 0 Å². The second-order valence-electron chi connectivity index (χ2n) is 4.38. The topological polar surface area (TPSA) is 29.1 Å². The zero-order chi connectivity index (χ0) is 9.84. The van der Waals surface area contributed by atoms with Gasteiger partial charge < -0.3 is 5.32 Å². The lowest BCUT2D eigenvalue weighted by Gasteiger charge is -2.21. The number of carbonyl (C=O) groups excluding carboxylic acids is 1. The van der Waals surface area contributed by atoms with Crippen LogP contribution in [0.25, 0.3) is 0 Å². The fraction of sp³-hybridized carbons (Fsp3) is 0.909. The highest BCUT2D eigenvalue weighted by Crippen LogP contribution is 2.30. The molecule has 2 nitrogen and oxygen atoms in total. The maximum atomic E-state index is 11.4. The van der Waals surface area contributed by atoms with Crippen molar-refractivity contribution in [3.05, 3.63) is 0 Å². The van der Waals surface area contributed by atoms with Gasteiger partial charge >= 0.3 is 0 Å². The average Bonchev–Trinajstić information content (AvgIpc) is 2.36. The molecule has 2 atom stereocenters. The number of nitrogens with one attached hydrogen (secondary N) is 1. The first-order chi connectivity index (χ1) is 6.15. The third-order valence-electron chi connectivity index (χ3n) is 3.11. The summed E-state index contributed by atoms with van der Waals surface area (Å²) in [6, 6.07) is 0.430. The minimum Gasteiger partial charge on any atom is -0.353 e. The van der Waals surface area contributed by atoms with Crippen molar-refractivity contribution in [2.24, 2.45) is 11.8 Å². The molecule has 0 saturated heterocycles. The molecule has 1 rings (SSSR count). The second kappa shape index (κ2) is 4.64. The van der Waals surface area contributed by atoms with Crippen LogP contribution in [0.1, 0.15) is 46.5 Å². The van der Waals surface area contributed by atoms with E-state index in [2.05, 4.69) is 19.2 Å². The van der Waals surface area contributed by atoms with E-state index in [1.165, 1.54) is 12.8 Å².